The summed E-state index contributed by atoms with van der Waals surface area (Å²) in [5, 5.41) is 9.71. The largest absolute Gasteiger partial charge is 0.478 e. The van der Waals surface area contributed by atoms with Crippen LogP contribution in [0.5, 0.6) is 0 Å². The second-order valence-electron chi connectivity index (χ2n) is 7.02. The normalized spacial score (nSPS) is 15.6. The number of rotatable bonds is 6. The summed E-state index contributed by atoms with van der Waals surface area (Å²) in [6.45, 7) is 8.07. The Labute approximate surface area is 183 Å². The van der Waals surface area contributed by atoms with Gasteiger partial charge in [-0.2, -0.15) is 0 Å². The van der Waals surface area contributed by atoms with Crippen LogP contribution in [0.1, 0.15) is 35.3 Å². The van der Waals surface area contributed by atoms with Crippen molar-refractivity contribution in [3.8, 4) is 0 Å². The van der Waals surface area contributed by atoms with Gasteiger partial charge in [-0.1, -0.05) is 72.6 Å². The van der Waals surface area contributed by atoms with Crippen molar-refractivity contribution in [1.29, 1.82) is 0 Å². The van der Waals surface area contributed by atoms with Crippen molar-refractivity contribution in [3.05, 3.63) is 89.0 Å². The summed E-state index contributed by atoms with van der Waals surface area (Å²) in [4.78, 5) is 29.7. The molecule has 0 amide bonds. The summed E-state index contributed by atoms with van der Waals surface area (Å²) in [7, 11) is 0. The van der Waals surface area contributed by atoms with Crippen LogP contribution < -0.4 is 0 Å². The average Bonchev–Trinajstić information content (AvgIpc) is 2.99. The predicted molar refractivity (Wildman–Crippen MR) is 123 cm³/mol. The van der Waals surface area contributed by atoms with Gasteiger partial charge >= 0.3 is 11.9 Å². The van der Waals surface area contributed by atoms with Crippen molar-refractivity contribution in [2.24, 2.45) is 4.99 Å². The molecule has 2 aromatic rings. The number of carboxylic acids is 1. The third kappa shape index (κ3) is 5.23. The van der Waals surface area contributed by atoms with Crippen LogP contribution >= 0.6 is 23.5 Å². The standard InChI is InChI=1S/C23H21NO4S2/c1-15-23(2,3)24-22(30-15)29-14-17-11-7-8-12-18(17)19(20(25)26)13-28-21(27)16-9-5-4-6-10-16/h4-13H,1,14H2,2-3H3,(H,25,26). The summed E-state index contributed by atoms with van der Waals surface area (Å²) in [6.07, 6.45) is 1.01. The molecule has 0 aromatic heterocycles. The lowest BCUT2D eigenvalue weighted by molar-refractivity contribution is -0.130. The van der Waals surface area contributed by atoms with E-state index < -0.39 is 11.9 Å². The van der Waals surface area contributed by atoms with E-state index in [0.717, 1.165) is 21.1 Å². The number of thioether (sulfide) groups is 2. The Kier molecular flexibility index (Phi) is 6.84. The zero-order valence-corrected chi connectivity index (χ0v) is 18.3. The first-order valence-corrected chi connectivity index (χ1v) is 11.0. The molecule has 0 radical (unpaired) electrons. The Hall–Kier alpha value is -2.77. The zero-order chi connectivity index (χ0) is 21.7. The van der Waals surface area contributed by atoms with E-state index in [1.54, 1.807) is 54.2 Å². The van der Waals surface area contributed by atoms with Gasteiger partial charge in [-0.15, -0.1) is 0 Å². The second kappa shape index (κ2) is 9.36. The van der Waals surface area contributed by atoms with Gasteiger partial charge in [-0.3, -0.25) is 4.99 Å². The molecule has 1 N–H and O–H groups in total. The Morgan fingerprint density at radius 2 is 1.83 bits per heavy atom. The number of carboxylic acid groups (broad SMARTS) is 1. The zero-order valence-electron chi connectivity index (χ0n) is 16.6. The summed E-state index contributed by atoms with van der Waals surface area (Å²) in [5.74, 6) is -1.25. The molecule has 0 unspecified atom stereocenters. The first-order valence-electron chi connectivity index (χ1n) is 9.15. The lowest BCUT2D eigenvalue weighted by Gasteiger charge is -2.12. The van der Waals surface area contributed by atoms with E-state index in [2.05, 4.69) is 11.6 Å². The molecule has 1 aliphatic heterocycles. The molecule has 2 aromatic carbocycles. The minimum atomic E-state index is -1.17. The first kappa shape index (κ1) is 21.9. The number of aliphatic carboxylic acids is 1. The van der Waals surface area contributed by atoms with Crippen LogP contribution in [0.2, 0.25) is 0 Å². The molecule has 0 spiro atoms. The molecule has 5 nitrogen and oxygen atoms in total. The Morgan fingerprint density at radius 1 is 1.17 bits per heavy atom. The fourth-order valence-corrected chi connectivity index (χ4v) is 4.96. The maximum absolute atomic E-state index is 12.2. The highest BCUT2D eigenvalue weighted by Crippen LogP contribution is 2.42. The number of hydrogen-bond acceptors (Lipinski definition) is 6. The maximum Gasteiger partial charge on any atom is 0.342 e. The maximum atomic E-state index is 12.2. The summed E-state index contributed by atoms with van der Waals surface area (Å²) in [6, 6.07) is 15.6. The number of aliphatic imine (C=N–C) groups is 1. The van der Waals surface area contributed by atoms with Gasteiger partial charge in [0.05, 0.1) is 11.1 Å². The van der Waals surface area contributed by atoms with Gasteiger partial charge in [0.2, 0.25) is 0 Å². The summed E-state index contributed by atoms with van der Waals surface area (Å²) >= 11 is 3.07. The van der Waals surface area contributed by atoms with Crippen LogP contribution in [0, 0.1) is 0 Å². The van der Waals surface area contributed by atoms with Crippen LogP contribution in [0.25, 0.3) is 5.57 Å². The Morgan fingerprint density at radius 3 is 2.47 bits per heavy atom. The van der Waals surface area contributed by atoms with Gasteiger partial charge in [-0.05, 0) is 37.1 Å². The lowest BCUT2D eigenvalue weighted by atomic mass is 10.0. The molecule has 154 valence electrons. The van der Waals surface area contributed by atoms with Crippen LogP contribution in [-0.4, -0.2) is 27.0 Å². The number of ether oxygens (including phenoxy) is 1. The van der Waals surface area contributed by atoms with Crippen LogP contribution in [0.4, 0.5) is 0 Å². The van der Waals surface area contributed by atoms with Crippen LogP contribution in [-0.2, 0) is 15.3 Å². The number of carbonyl (C=O) groups excluding carboxylic acids is 1. The highest BCUT2D eigenvalue weighted by Gasteiger charge is 2.30. The lowest BCUT2D eigenvalue weighted by Crippen LogP contribution is -2.12. The smallest absolute Gasteiger partial charge is 0.342 e. The van der Waals surface area contributed by atoms with E-state index in [1.807, 2.05) is 26.0 Å². The van der Waals surface area contributed by atoms with Gasteiger partial charge in [0, 0.05) is 10.7 Å². The van der Waals surface area contributed by atoms with Crippen molar-refractivity contribution in [2.45, 2.75) is 25.1 Å². The molecule has 0 aliphatic carbocycles. The topological polar surface area (TPSA) is 76.0 Å². The first-order chi connectivity index (χ1) is 14.3. The van der Waals surface area contributed by atoms with Crippen LogP contribution in [0.15, 0.2) is 77.3 Å². The minimum Gasteiger partial charge on any atom is -0.478 e. The van der Waals surface area contributed by atoms with Gasteiger partial charge in [0.15, 0.2) is 0 Å². The molecule has 0 bridgehead atoms. The summed E-state index contributed by atoms with van der Waals surface area (Å²) < 4.78 is 6.05. The monoisotopic (exact) mass is 439 g/mol. The van der Waals surface area contributed by atoms with Crippen molar-refractivity contribution in [1.82, 2.24) is 0 Å². The number of carbonyl (C=O) groups is 2. The van der Waals surface area contributed by atoms with Gasteiger partial charge in [-0.25, -0.2) is 9.59 Å². The molecule has 0 saturated heterocycles. The molecular formula is C23H21NO4S2. The highest BCUT2D eigenvalue weighted by atomic mass is 32.2. The van der Waals surface area contributed by atoms with Crippen molar-refractivity contribution < 1.29 is 19.4 Å². The Balaban J connectivity index is 1.80. The average molecular weight is 440 g/mol. The van der Waals surface area contributed by atoms with E-state index in [9.17, 15) is 14.7 Å². The van der Waals surface area contributed by atoms with E-state index in [0.29, 0.717) is 16.9 Å². The number of esters is 1. The minimum absolute atomic E-state index is 0.0822. The molecule has 1 aliphatic rings. The van der Waals surface area contributed by atoms with Crippen molar-refractivity contribution >= 4 is 45.4 Å². The number of benzene rings is 2. The van der Waals surface area contributed by atoms with Crippen molar-refractivity contribution in [2.75, 3.05) is 0 Å². The molecule has 7 heteroatoms. The fraction of sp³-hybridized carbons (Fsp3) is 0.174. The predicted octanol–water partition coefficient (Wildman–Crippen LogP) is 5.60. The van der Waals surface area contributed by atoms with Gasteiger partial charge in [0.25, 0.3) is 0 Å². The number of nitrogens with zero attached hydrogens (tertiary/aromatic N) is 1. The third-order valence-electron chi connectivity index (χ3n) is 4.45. The second-order valence-corrected chi connectivity index (χ2v) is 9.32. The SMILES string of the molecule is C=C1SC(SCc2ccccc2C(=COC(=O)c2ccccc2)C(=O)O)=NC1(C)C. The molecule has 1 heterocycles. The number of hydrogen-bond donors (Lipinski definition) is 1. The van der Waals surface area contributed by atoms with E-state index in [4.69, 9.17) is 4.74 Å². The molecule has 0 atom stereocenters. The molecule has 0 fully saturated rings. The fourth-order valence-electron chi connectivity index (χ4n) is 2.64. The summed E-state index contributed by atoms with van der Waals surface area (Å²) in [5.41, 5.74) is 1.28. The third-order valence-corrected chi connectivity index (χ3v) is 6.86. The van der Waals surface area contributed by atoms with E-state index in [1.165, 1.54) is 11.8 Å². The Bertz CT molecular complexity index is 1040. The molecule has 30 heavy (non-hydrogen) atoms. The molecular weight excluding hydrogens is 418 g/mol. The van der Waals surface area contributed by atoms with Gasteiger partial charge in [0.1, 0.15) is 16.2 Å². The quantitative estimate of drug-likeness (QED) is 0.359. The van der Waals surface area contributed by atoms with E-state index >= 15 is 0 Å². The molecule has 3 rings (SSSR count). The van der Waals surface area contributed by atoms with E-state index in [-0.39, 0.29) is 11.1 Å². The highest BCUT2D eigenvalue weighted by molar-refractivity contribution is 8.40. The van der Waals surface area contributed by atoms with Crippen molar-refractivity contribution in [3.63, 3.8) is 0 Å². The van der Waals surface area contributed by atoms with Gasteiger partial charge < -0.3 is 9.84 Å². The molecule has 0 saturated carbocycles. The van der Waals surface area contributed by atoms with Crippen LogP contribution in [0.3, 0.4) is 0 Å².